The van der Waals surface area contributed by atoms with Gasteiger partial charge in [-0.05, 0) is 37.2 Å². The van der Waals surface area contributed by atoms with Gasteiger partial charge >= 0.3 is 27.2 Å². The Labute approximate surface area is 293 Å². The second kappa shape index (κ2) is 28.1. The summed E-state index contributed by atoms with van der Waals surface area (Å²) in [7, 11) is 11.2. The number of methoxy groups -OCH3 is 4. The average Bonchev–Trinajstić information content (AvgIpc) is 3.71. The van der Waals surface area contributed by atoms with Crippen LogP contribution in [0.15, 0.2) is 92.0 Å². The molecular weight excluding hydrogens is 796 g/mol. The van der Waals surface area contributed by atoms with Crippen molar-refractivity contribution < 1.29 is 36.5 Å². The van der Waals surface area contributed by atoms with Crippen molar-refractivity contribution >= 4 is 9.64 Å². The molecule has 5 heterocycles. The van der Waals surface area contributed by atoms with Gasteiger partial charge < -0.3 is 29.2 Å². The molecule has 0 spiro atoms. The molecule has 0 bridgehead atoms. The molecule has 0 radical (unpaired) electrons. The Morgan fingerprint density at radius 3 is 1.15 bits per heavy atom. The van der Waals surface area contributed by atoms with Crippen LogP contribution in [0.3, 0.4) is 0 Å². The quantitative estimate of drug-likeness (QED) is 0.161. The maximum atomic E-state index is 5.31. The van der Waals surface area contributed by atoms with Crippen molar-refractivity contribution in [2.75, 3.05) is 35.0 Å². The van der Waals surface area contributed by atoms with Crippen molar-refractivity contribution in [1.82, 2.24) is 29.5 Å². The first-order valence-corrected chi connectivity index (χ1v) is 18.0. The predicted molar refractivity (Wildman–Crippen MR) is 186 cm³/mol. The Balaban J connectivity index is 0.000000644. The predicted octanol–water partition coefficient (Wildman–Crippen LogP) is 7.29. The number of pyridine rings is 4. The molecule has 0 aliphatic carbocycles. The third kappa shape index (κ3) is 16.9. The first kappa shape index (κ1) is 42.9. The minimum absolute atomic E-state index is 0.748. The summed E-state index contributed by atoms with van der Waals surface area (Å²) >= 11 is 1.33. The van der Waals surface area contributed by atoms with E-state index in [0.29, 0.717) is 0 Å². The zero-order valence-corrected chi connectivity index (χ0v) is 31.7. The summed E-state index contributed by atoms with van der Waals surface area (Å²) in [6, 6.07) is 14.5. The van der Waals surface area contributed by atoms with Crippen molar-refractivity contribution in [2.24, 2.45) is 5.73 Å². The fourth-order valence-corrected chi connectivity index (χ4v) is 3.41. The van der Waals surface area contributed by atoms with E-state index in [9.17, 15) is 0 Å². The van der Waals surface area contributed by atoms with Crippen molar-refractivity contribution in [3.63, 3.8) is 0 Å². The Morgan fingerprint density at radius 2 is 0.915 bits per heavy atom. The number of hydrogen-bond donors (Lipinski definition) is 1. The van der Waals surface area contributed by atoms with E-state index in [4.69, 9.17) is 24.7 Å². The monoisotopic (exact) mass is 844 g/mol. The molecule has 5 aromatic heterocycles. The molecular formula is C34H47ClN7O4Os. The molecule has 11 nitrogen and oxygen atoms in total. The number of hydrogen-bond acceptors (Lipinski definition) is 10. The van der Waals surface area contributed by atoms with Crippen molar-refractivity contribution in [1.29, 1.82) is 0 Å². The Hall–Kier alpha value is -4.10. The van der Waals surface area contributed by atoms with Crippen LogP contribution in [0, 0.1) is 0 Å². The molecule has 0 amide bonds. The van der Waals surface area contributed by atoms with E-state index in [1.54, 1.807) is 90.0 Å². The van der Waals surface area contributed by atoms with Crippen LogP contribution in [0.2, 0.25) is 0 Å². The number of ether oxygens (including phenoxy) is 4. The van der Waals surface area contributed by atoms with E-state index in [-0.39, 0.29) is 0 Å². The average molecular weight is 843 g/mol. The standard InChI is InChI=1S/2C12H12N2O2.C6H11N3.2C2H6.ClH.Os/c2*1-15-9-3-5-13-11(7-9)12-8-10(16-2)4-6-14-12;7-2-1-4-9-5-3-8-6-9;2*1-2;;/h2*3-8H,1-2H3;3,5-6H,1-2,4,7H2;2*1-2H3;1H;/q;;;;;;+1/p-1. The molecule has 0 atom stereocenters. The second-order valence-electron chi connectivity index (χ2n) is 8.27. The molecule has 47 heavy (non-hydrogen) atoms. The van der Waals surface area contributed by atoms with Gasteiger partial charge in [-0.1, -0.05) is 27.7 Å². The number of rotatable bonds is 9. The molecule has 257 valence electrons. The normalized spacial score (nSPS) is 9.00. The molecule has 0 unspecified atom stereocenters. The Bertz CT molecular complexity index is 1280. The van der Waals surface area contributed by atoms with Crippen LogP contribution >= 0.6 is 9.64 Å². The van der Waals surface area contributed by atoms with Gasteiger partial charge in [-0.15, -0.1) is 0 Å². The molecule has 5 aromatic rings. The number of aromatic nitrogens is 6. The summed E-state index contributed by atoms with van der Waals surface area (Å²) in [6.07, 6.45) is 13.3. The molecule has 0 aliphatic heterocycles. The van der Waals surface area contributed by atoms with Gasteiger partial charge in [-0.2, -0.15) is 0 Å². The van der Waals surface area contributed by atoms with Crippen LogP contribution in [0.1, 0.15) is 34.1 Å². The summed E-state index contributed by atoms with van der Waals surface area (Å²) in [5.41, 5.74) is 8.36. The third-order valence-corrected chi connectivity index (χ3v) is 5.57. The van der Waals surface area contributed by atoms with Gasteiger partial charge in [0.2, 0.25) is 0 Å². The number of nitrogens with two attached hydrogens (primary N) is 1. The molecule has 5 rings (SSSR count). The Kier molecular flexibility index (Phi) is 25.7. The van der Waals surface area contributed by atoms with Crippen LogP contribution in [-0.2, 0) is 24.1 Å². The van der Waals surface area contributed by atoms with E-state index in [0.717, 1.165) is 65.3 Å². The van der Waals surface area contributed by atoms with Gasteiger partial charge in [0, 0.05) is 68.0 Å². The third-order valence-electron chi connectivity index (χ3n) is 5.57. The maximum absolute atomic E-state index is 5.31. The van der Waals surface area contributed by atoms with E-state index in [2.05, 4.69) is 34.6 Å². The summed E-state index contributed by atoms with van der Waals surface area (Å²) < 4.78 is 22.6. The van der Waals surface area contributed by atoms with E-state index in [1.165, 1.54) is 17.6 Å². The summed E-state index contributed by atoms with van der Waals surface area (Å²) in [4.78, 5) is 20.8. The second-order valence-corrected chi connectivity index (χ2v) is 8.27. The summed E-state index contributed by atoms with van der Waals surface area (Å²) in [6.45, 7) is 9.73. The van der Waals surface area contributed by atoms with Gasteiger partial charge in [-0.3, -0.25) is 19.9 Å². The summed E-state index contributed by atoms with van der Waals surface area (Å²) in [5, 5.41) is 0. The zero-order chi connectivity index (χ0) is 35.3. The van der Waals surface area contributed by atoms with Crippen molar-refractivity contribution in [3.05, 3.63) is 92.0 Å². The fourth-order valence-electron chi connectivity index (χ4n) is 3.41. The zero-order valence-electron chi connectivity index (χ0n) is 28.4. The van der Waals surface area contributed by atoms with E-state index >= 15 is 0 Å². The van der Waals surface area contributed by atoms with Gasteiger partial charge in [0.25, 0.3) is 0 Å². The molecule has 13 heteroatoms. The molecule has 0 saturated carbocycles. The van der Waals surface area contributed by atoms with Gasteiger partial charge in [0.05, 0.1) is 57.5 Å². The van der Waals surface area contributed by atoms with Gasteiger partial charge in [0.15, 0.2) is 0 Å². The van der Waals surface area contributed by atoms with Crippen molar-refractivity contribution in [2.45, 2.75) is 40.7 Å². The number of imidazole rings is 1. The SMILES string of the molecule is CC.CC.COc1ccnc(-c2cc(OC)ccn2)c1.COc1ccnc(-c2cc(OC)ccn2)c1.NCCCn1ccnc1.[Cl][Os]. The first-order valence-electron chi connectivity index (χ1n) is 14.9. The van der Waals surface area contributed by atoms with Gasteiger partial charge in [0.1, 0.15) is 23.0 Å². The Morgan fingerprint density at radius 1 is 0.596 bits per heavy atom. The molecule has 0 saturated heterocycles. The van der Waals surface area contributed by atoms with Gasteiger partial charge in [-0.25, -0.2) is 4.98 Å². The van der Waals surface area contributed by atoms with Crippen LogP contribution in [-0.4, -0.2) is 64.5 Å². The topological polar surface area (TPSA) is 132 Å². The van der Waals surface area contributed by atoms with Crippen LogP contribution in [0.25, 0.3) is 22.8 Å². The number of nitrogens with zero attached hydrogens (tertiary/aromatic N) is 6. The van der Waals surface area contributed by atoms with Crippen LogP contribution < -0.4 is 24.7 Å². The fraction of sp³-hybridized carbons (Fsp3) is 0.324. The summed E-state index contributed by atoms with van der Waals surface area (Å²) in [5.74, 6) is 3.04. The minimum atomic E-state index is 0.748. The number of aryl methyl sites for hydroxylation is 1. The molecule has 0 aromatic carbocycles. The van der Waals surface area contributed by atoms with E-state index < -0.39 is 0 Å². The van der Waals surface area contributed by atoms with E-state index in [1.807, 2.05) is 62.7 Å². The molecule has 0 aliphatic rings. The van der Waals surface area contributed by atoms with Crippen LogP contribution in [0.5, 0.6) is 23.0 Å². The first-order chi connectivity index (χ1) is 23.1. The van der Waals surface area contributed by atoms with Crippen molar-refractivity contribution in [3.8, 4) is 45.8 Å². The molecule has 2 N–H and O–H groups in total. The number of halogens is 1. The van der Waals surface area contributed by atoms with Crippen LogP contribution in [0.4, 0.5) is 0 Å². The molecule has 0 fully saturated rings.